The van der Waals surface area contributed by atoms with Crippen molar-refractivity contribution in [1.29, 1.82) is 0 Å². The van der Waals surface area contributed by atoms with Crippen molar-refractivity contribution in [3.8, 4) is 28.4 Å². The van der Waals surface area contributed by atoms with Crippen molar-refractivity contribution in [2.45, 2.75) is 13.0 Å². The van der Waals surface area contributed by atoms with E-state index in [2.05, 4.69) is 9.84 Å². The molecule has 11 heteroatoms. The van der Waals surface area contributed by atoms with Crippen LogP contribution in [-0.2, 0) is 20.9 Å². The van der Waals surface area contributed by atoms with Crippen LogP contribution in [0.15, 0.2) is 54.6 Å². The summed E-state index contributed by atoms with van der Waals surface area (Å²) in [6, 6.07) is 13.7. The molecule has 0 atom stereocenters. The van der Waals surface area contributed by atoms with Gasteiger partial charge in [0.25, 0.3) is 10.1 Å². The zero-order valence-electron chi connectivity index (χ0n) is 15.9. The van der Waals surface area contributed by atoms with Gasteiger partial charge in [0.05, 0.1) is 30.4 Å². The van der Waals surface area contributed by atoms with E-state index in [9.17, 15) is 21.6 Å². The van der Waals surface area contributed by atoms with Gasteiger partial charge in [-0.1, -0.05) is 12.1 Å². The summed E-state index contributed by atoms with van der Waals surface area (Å²) < 4.78 is 75.7. The summed E-state index contributed by atoms with van der Waals surface area (Å²) >= 11 is 0. The van der Waals surface area contributed by atoms with Crippen molar-refractivity contribution >= 4 is 10.1 Å². The molecule has 7 nitrogen and oxygen atoms in total. The fraction of sp³-hybridized carbons (Fsp3) is 0.211. The standard InChI is InChI=1S/C19H17F3N2O5S/c1-27-16-8-6-15(7-9-16)24-18(11-14(23-24)12-28-30(2,25)26)13-4-3-5-17(10-13)29-19(20,21)22/h3-11H,12H2,1-2H3. The molecule has 0 radical (unpaired) electrons. The second-order valence-electron chi connectivity index (χ2n) is 6.17. The highest BCUT2D eigenvalue weighted by molar-refractivity contribution is 7.85. The molecule has 30 heavy (non-hydrogen) atoms. The van der Waals surface area contributed by atoms with Crippen LogP contribution in [0.2, 0.25) is 0 Å². The van der Waals surface area contributed by atoms with E-state index in [-0.39, 0.29) is 12.3 Å². The van der Waals surface area contributed by atoms with E-state index in [1.165, 1.54) is 36.1 Å². The molecule has 0 fully saturated rings. The summed E-state index contributed by atoms with van der Waals surface area (Å²) in [6.07, 6.45) is -3.92. The molecule has 0 saturated carbocycles. The van der Waals surface area contributed by atoms with Gasteiger partial charge in [-0.25, -0.2) is 4.68 Å². The maximum atomic E-state index is 12.6. The van der Waals surface area contributed by atoms with Crippen LogP contribution in [-0.4, -0.2) is 37.9 Å². The van der Waals surface area contributed by atoms with Crippen molar-refractivity contribution in [2.24, 2.45) is 0 Å². The molecular formula is C19H17F3N2O5S. The normalized spacial score (nSPS) is 12.0. The van der Waals surface area contributed by atoms with Crippen molar-refractivity contribution in [1.82, 2.24) is 9.78 Å². The lowest BCUT2D eigenvalue weighted by Crippen LogP contribution is -2.17. The fourth-order valence-electron chi connectivity index (χ4n) is 2.65. The molecule has 0 saturated heterocycles. The Bertz CT molecular complexity index is 1130. The average molecular weight is 442 g/mol. The minimum Gasteiger partial charge on any atom is -0.497 e. The molecule has 0 aliphatic carbocycles. The van der Waals surface area contributed by atoms with E-state index in [1.807, 2.05) is 0 Å². The monoisotopic (exact) mass is 442 g/mol. The molecule has 0 N–H and O–H groups in total. The Balaban J connectivity index is 2.05. The maximum Gasteiger partial charge on any atom is 0.573 e. The van der Waals surface area contributed by atoms with E-state index in [1.54, 1.807) is 30.3 Å². The summed E-state index contributed by atoms with van der Waals surface area (Å²) in [4.78, 5) is 0. The Labute approximate surface area is 170 Å². The van der Waals surface area contributed by atoms with Crippen molar-refractivity contribution < 1.29 is 35.2 Å². The Morgan fingerprint density at radius 2 is 1.73 bits per heavy atom. The molecule has 1 aromatic heterocycles. The number of halogens is 3. The molecule has 3 rings (SSSR count). The topological polar surface area (TPSA) is 79.7 Å². The zero-order valence-corrected chi connectivity index (χ0v) is 16.7. The number of benzene rings is 2. The van der Waals surface area contributed by atoms with Gasteiger partial charge in [-0.05, 0) is 42.5 Å². The van der Waals surface area contributed by atoms with Gasteiger partial charge < -0.3 is 9.47 Å². The van der Waals surface area contributed by atoms with Gasteiger partial charge in [-0.15, -0.1) is 13.2 Å². The third-order valence-electron chi connectivity index (χ3n) is 3.86. The van der Waals surface area contributed by atoms with Crippen LogP contribution >= 0.6 is 0 Å². The van der Waals surface area contributed by atoms with Gasteiger partial charge in [0, 0.05) is 5.56 Å². The first-order valence-corrected chi connectivity index (χ1v) is 10.3. The van der Waals surface area contributed by atoms with Gasteiger partial charge >= 0.3 is 6.36 Å². The lowest BCUT2D eigenvalue weighted by molar-refractivity contribution is -0.274. The summed E-state index contributed by atoms with van der Waals surface area (Å²) in [6.45, 7) is -0.326. The first-order valence-electron chi connectivity index (χ1n) is 8.48. The smallest absolute Gasteiger partial charge is 0.497 e. The van der Waals surface area contributed by atoms with Crippen molar-refractivity contribution in [2.75, 3.05) is 13.4 Å². The lowest BCUT2D eigenvalue weighted by atomic mass is 10.1. The van der Waals surface area contributed by atoms with Crippen LogP contribution in [0.25, 0.3) is 16.9 Å². The fourth-order valence-corrected chi connectivity index (χ4v) is 2.98. The highest BCUT2D eigenvalue weighted by Crippen LogP contribution is 2.30. The van der Waals surface area contributed by atoms with Crippen molar-refractivity contribution in [3.63, 3.8) is 0 Å². The number of hydrogen-bond donors (Lipinski definition) is 0. The van der Waals surface area contributed by atoms with Crippen LogP contribution in [0.4, 0.5) is 13.2 Å². The molecule has 1 heterocycles. The molecule has 0 unspecified atom stereocenters. The number of alkyl halides is 3. The number of rotatable bonds is 7. The van der Waals surface area contributed by atoms with Crippen LogP contribution < -0.4 is 9.47 Å². The molecule has 3 aromatic rings. The van der Waals surface area contributed by atoms with E-state index in [4.69, 9.17) is 8.92 Å². The molecule has 160 valence electrons. The molecule has 0 aliphatic heterocycles. The van der Waals surface area contributed by atoms with Crippen LogP contribution in [0, 0.1) is 0 Å². The summed E-state index contributed by atoms with van der Waals surface area (Å²) in [5.41, 5.74) is 1.65. The van der Waals surface area contributed by atoms with Gasteiger partial charge in [-0.2, -0.15) is 13.5 Å². The quantitative estimate of drug-likeness (QED) is 0.516. The van der Waals surface area contributed by atoms with E-state index in [0.717, 1.165) is 6.26 Å². The number of methoxy groups -OCH3 is 1. The highest BCUT2D eigenvalue weighted by atomic mass is 32.2. The number of hydrogen-bond acceptors (Lipinski definition) is 6. The van der Waals surface area contributed by atoms with Gasteiger partial charge in [-0.3, -0.25) is 4.18 Å². The van der Waals surface area contributed by atoms with Crippen LogP contribution in [0.1, 0.15) is 5.69 Å². The van der Waals surface area contributed by atoms with Gasteiger partial charge in [0.15, 0.2) is 0 Å². The molecule has 0 spiro atoms. The third kappa shape index (κ3) is 5.74. The average Bonchev–Trinajstić information content (AvgIpc) is 3.09. The summed E-state index contributed by atoms with van der Waals surface area (Å²) in [5.74, 6) is 0.213. The largest absolute Gasteiger partial charge is 0.573 e. The second-order valence-corrected chi connectivity index (χ2v) is 7.82. The van der Waals surface area contributed by atoms with E-state index >= 15 is 0 Å². The molecule has 0 amide bonds. The van der Waals surface area contributed by atoms with Crippen molar-refractivity contribution in [3.05, 3.63) is 60.3 Å². The number of aromatic nitrogens is 2. The maximum absolute atomic E-state index is 12.6. The Morgan fingerprint density at radius 1 is 1.03 bits per heavy atom. The summed E-state index contributed by atoms with van der Waals surface area (Å²) in [5, 5.41) is 4.34. The van der Waals surface area contributed by atoms with Crippen LogP contribution in [0.3, 0.4) is 0 Å². The Kier molecular flexibility index (Phi) is 6.04. The first kappa shape index (κ1) is 21.7. The SMILES string of the molecule is COc1ccc(-n2nc(COS(C)(=O)=O)cc2-c2cccc(OC(F)(F)F)c2)cc1. The summed E-state index contributed by atoms with van der Waals surface area (Å²) in [7, 11) is -2.19. The Hall–Kier alpha value is -3.05. The predicted molar refractivity (Wildman–Crippen MR) is 102 cm³/mol. The van der Waals surface area contributed by atoms with E-state index < -0.39 is 22.2 Å². The highest BCUT2D eigenvalue weighted by Gasteiger charge is 2.31. The molecule has 0 aliphatic rings. The molecular weight excluding hydrogens is 425 g/mol. The van der Waals surface area contributed by atoms with Gasteiger partial charge in [0.2, 0.25) is 0 Å². The number of ether oxygens (including phenoxy) is 2. The minimum absolute atomic E-state index is 0.272. The predicted octanol–water partition coefficient (Wildman–Crippen LogP) is 3.92. The Morgan fingerprint density at radius 3 is 2.33 bits per heavy atom. The third-order valence-corrected chi connectivity index (χ3v) is 4.41. The van der Waals surface area contributed by atoms with Crippen LogP contribution in [0.5, 0.6) is 11.5 Å². The molecule has 0 bridgehead atoms. The molecule has 2 aromatic carbocycles. The van der Waals surface area contributed by atoms with Gasteiger partial charge in [0.1, 0.15) is 18.1 Å². The number of nitrogens with zero attached hydrogens (tertiary/aromatic N) is 2. The first-order chi connectivity index (χ1) is 14.0. The minimum atomic E-state index is -4.83. The zero-order chi connectivity index (χ0) is 21.9. The second kappa shape index (κ2) is 8.36. The van der Waals surface area contributed by atoms with E-state index in [0.29, 0.717) is 22.7 Å². The lowest BCUT2D eigenvalue weighted by Gasteiger charge is -2.11.